The van der Waals surface area contributed by atoms with Gasteiger partial charge in [-0.3, -0.25) is 14.9 Å². The number of piperazine rings is 1. The fourth-order valence-electron chi connectivity index (χ4n) is 3.53. The molecule has 1 heterocycles. The van der Waals surface area contributed by atoms with E-state index in [9.17, 15) is 14.9 Å². The van der Waals surface area contributed by atoms with Crippen molar-refractivity contribution in [2.75, 3.05) is 44.8 Å². The SMILES string of the molecule is COc1cc(C#N)ccc1OCCCC(=O)N1CCN(c2ccc(Cl)cc2[N+](=O)[O-])CC1. The molecule has 0 saturated carbocycles. The number of carbonyl (C=O) groups is 1. The Morgan fingerprint density at radius 2 is 1.94 bits per heavy atom. The molecule has 1 aliphatic heterocycles. The van der Waals surface area contributed by atoms with E-state index in [1.807, 2.05) is 11.0 Å². The van der Waals surface area contributed by atoms with Crippen LogP contribution in [-0.2, 0) is 4.79 Å². The van der Waals surface area contributed by atoms with Gasteiger partial charge in [0.2, 0.25) is 5.91 Å². The van der Waals surface area contributed by atoms with E-state index in [2.05, 4.69) is 0 Å². The summed E-state index contributed by atoms with van der Waals surface area (Å²) in [6.07, 6.45) is 0.866. The van der Waals surface area contributed by atoms with E-state index in [4.69, 9.17) is 26.3 Å². The Morgan fingerprint density at radius 3 is 2.59 bits per heavy atom. The second kappa shape index (κ2) is 10.7. The van der Waals surface area contributed by atoms with E-state index in [1.54, 1.807) is 35.2 Å². The number of amides is 1. The summed E-state index contributed by atoms with van der Waals surface area (Å²) >= 11 is 5.89. The lowest BCUT2D eigenvalue weighted by Gasteiger charge is -2.35. The fraction of sp³-hybridized carbons (Fsp3) is 0.364. The lowest BCUT2D eigenvalue weighted by Crippen LogP contribution is -2.49. The van der Waals surface area contributed by atoms with E-state index in [0.29, 0.717) is 73.4 Å². The van der Waals surface area contributed by atoms with Crippen LogP contribution >= 0.6 is 11.6 Å². The van der Waals surface area contributed by atoms with Gasteiger partial charge in [-0.05, 0) is 30.7 Å². The number of methoxy groups -OCH3 is 1. The van der Waals surface area contributed by atoms with Crippen LogP contribution in [0.2, 0.25) is 5.02 Å². The van der Waals surface area contributed by atoms with Crippen molar-refractivity contribution in [1.82, 2.24) is 4.90 Å². The molecule has 2 aromatic carbocycles. The summed E-state index contributed by atoms with van der Waals surface area (Å²) in [5.41, 5.74) is 0.955. The van der Waals surface area contributed by atoms with Gasteiger partial charge < -0.3 is 19.3 Å². The first kappa shape index (κ1) is 23.2. The third-order valence-corrected chi connectivity index (χ3v) is 5.43. The van der Waals surface area contributed by atoms with Crippen molar-refractivity contribution in [3.05, 3.63) is 57.1 Å². The number of anilines is 1. The van der Waals surface area contributed by atoms with Crippen molar-refractivity contribution in [1.29, 1.82) is 5.26 Å². The van der Waals surface area contributed by atoms with E-state index in [1.165, 1.54) is 13.2 Å². The molecule has 1 fully saturated rings. The van der Waals surface area contributed by atoms with Gasteiger partial charge in [-0.15, -0.1) is 0 Å². The average Bonchev–Trinajstić information content (AvgIpc) is 2.81. The predicted octanol–water partition coefficient (Wildman–Crippen LogP) is 3.64. The summed E-state index contributed by atoms with van der Waals surface area (Å²) in [5.74, 6) is 1.02. The number of ether oxygens (including phenoxy) is 2. The first-order valence-electron chi connectivity index (χ1n) is 10.1. The van der Waals surface area contributed by atoms with Crippen LogP contribution in [0, 0.1) is 21.4 Å². The minimum atomic E-state index is -0.443. The highest BCUT2D eigenvalue weighted by Crippen LogP contribution is 2.32. The van der Waals surface area contributed by atoms with Gasteiger partial charge >= 0.3 is 0 Å². The normalized spacial score (nSPS) is 13.4. The smallest absolute Gasteiger partial charge is 0.294 e. The molecule has 0 N–H and O–H groups in total. The molecule has 32 heavy (non-hydrogen) atoms. The van der Waals surface area contributed by atoms with Crippen molar-refractivity contribution in [3.63, 3.8) is 0 Å². The van der Waals surface area contributed by atoms with Gasteiger partial charge in [-0.2, -0.15) is 5.26 Å². The van der Waals surface area contributed by atoms with Gasteiger partial charge in [0.25, 0.3) is 5.69 Å². The van der Waals surface area contributed by atoms with Crippen molar-refractivity contribution >= 4 is 28.9 Å². The van der Waals surface area contributed by atoms with E-state index in [0.717, 1.165) is 0 Å². The van der Waals surface area contributed by atoms with Crippen LogP contribution in [0.25, 0.3) is 0 Å². The van der Waals surface area contributed by atoms with Crippen LogP contribution in [0.5, 0.6) is 11.5 Å². The number of rotatable bonds is 8. The number of nitrogens with zero attached hydrogens (tertiary/aromatic N) is 4. The molecule has 0 bridgehead atoms. The Morgan fingerprint density at radius 1 is 1.19 bits per heavy atom. The van der Waals surface area contributed by atoms with Crippen LogP contribution in [0.15, 0.2) is 36.4 Å². The van der Waals surface area contributed by atoms with Crippen LogP contribution in [0.4, 0.5) is 11.4 Å². The summed E-state index contributed by atoms with van der Waals surface area (Å²) in [6.45, 7) is 2.33. The Balaban J connectivity index is 1.47. The lowest BCUT2D eigenvalue weighted by molar-refractivity contribution is -0.384. The maximum absolute atomic E-state index is 12.5. The molecule has 0 spiro atoms. The molecule has 10 heteroatoms. The van der Waals surface area contributed by atoms with Gasteiger partial charge in [-0.1, -0.05) is 11.6 Å². The molecule has 2 aromatic rings. The van der Waals surface area contributed by atoms with Crippen molar-refractivity contribution < 1.29 is 19.2 Å². The van der Waals surface area contributed by atoms with Gasteiger partial charge in [0.1, 0.15) is 5.69 Å². The number of nitriles is 1. The van der Waals surface area contributed by atoms with Crippen molar-refractivity contribution in [3.8, 4) is 17.6 Å². The molecular formula is C22H23ClN4O5. The van der Waals surface area contributed by atoms with Crippen LogP contribution in [0.1, 0.15) is 18.4 Å². The van der Waals surface area contributed by atoms with Gasteiger partial charge in [0.05, 0.1) is 30.3 Å². The molecule has 1 amide bonds. The summed E-state index contributed by atoms with van der Waals surface area (Å²) in [4.78, 5) is 27.1. The first-order valence-corrected chi connectivity index (χ1v) is 10.5. The highest BCUT2D eigenvalue weighted by Gasteiger charge is 2.25. The third kappa shape index (κ3) is 5.59. The topological polar surface area (TPSA) is 109 Å². The number of hydrogen-bond acceptors (Lipinski definition) is 7. The molecule has 0 aromatic heterocycles. The largest absolute Gasteiger partial charge is 0.493 e. The van der Waals surface area contributed by atoms with Gasteiger partial charge in [0.15, 0.2) is 11.5 Å². The number of halogens is 1. The molecule has 0 aliphatic carbocycles. The molecule has 1 aliphatic rings. The summed E-state index contributed by atoms with van der Waals surface area (Å²) in [7, 11) is 1.51. The quantitative estimate of drug-likeness (QED) is 0.337. The molecular weight excluding hydrogens is 436 g/mol. The zero-order chi connectivity index (χ0) is 23.1. The second-order valence-corrected chi connectivity index (χ2v) is 7.62. The summed E-state index contributed by atoms with van der Waals surface area (Å²) < 4.78 is 10.9. The molecule has 0 unspecified atom stereocenters. The van der Waals surface area contributed by atoms with Gasteiger partial charge in [0, 0.05) is 49.8 Å². The maximum atomic E-state index is 12.5. The third-order valence-electron chi connectivity index (χ3n) is 5.19. The highest BCUT2D eigenvalue weighted by atomic mass is 35.5. The van der Waals surface area contributed by atoms with Gasteiger partial charge in [-0.25, -0.2) is 0 Å². The van der Waals surface area contributed by atoms with Crippen molar-refractivity contribution in [2.45, 2.75) is 12.8 Å². The molecule has 3 rings (SSSR count). The number of carbonyl (C=O) groups excluding carboxylic acids is 1. The monoisotopic (exact) mass is 458 g/mol. The number of nitro benzene ring substituents is 1. The van der Waals surface area contributed by atoms with Crippen LogP contribution in [0.3, 0.4) is 0 Å². The molecule has 9 nitrogen and oxygen atoms in total. The minimum absolute atomic E-state index is 0.0191. The Labute approximate surface area is 190 Å². The first-order chi connectivity index (χ1) is 15.4. The van der Waals surface area contributed by atoms with E-state index in [-0.39, 0.29) is 11.6 Å². The fourth-order valence-corrected chi connectivity index (χ4v) is 3.69. The molecule has 168 valence electrons. The highest BCUT2D eigenvalue weighted by molar-refractivity contribution is 6.30. The average molecular weight is 459 g/mol. The maximum Gasteiger partial charge on any atom is 0.294 e. The predicted molar refractivity (Wildman–Crippen MR) is 119 cm³/mol. The van der Waals surface area contributed by atoms with E-state index >= 15 is 0 Å². The number of nitro groups is 1. The Hall–Kier alpha value is -3.51. The lowest BCUT2D eigenvalue weighted by atomic mass is 10.2. The van der Waals surface area contributed by atoms with Crippen molar-refractivity contribution in [2.24, 2.45) is 0 Å². The number of benzene rings is 2. The zero-order valence-corrected chi connectivity index (χ0v) is 18.4. The molecule has 0 atom stereocenters. The minimum Gasteiger partial charge on any atom is -0.493 e. The molecule has 1 saturated heterocycles. The second-order valence-electron chi connectivity index (χ2n) is 7.19. The molecule has 0 radical (unpaired) electrons. The summed E-state index contributed by atoms with van der Waals surface area (Å²) in [6, 6.07) is 11.6. The van der Waals surface area contributed by atoms with E-state index < -0.39 is 4.92 Å². The van der Waals surface area contributed by atoms with Crippen LogP contribution in [-0.4, -0.2) is 55.6 Å². The summed E-state index contributed by atoms with van der Waals surface area (Å²) in [5, 5.41) is 20.6. The standard InChI is InChI=1S/C22H23ClN4O5/c1-31-21-13-16(15-24)4-7-20(21)32-12-2-3-22(28)26-10-8-25(9-11-26)18-6-5-17(23)14-19(18)27(29)30/h4-7,13-14H,2-3,8-12H2,1H3. The van der Waals surface area contributed by atoms with Crippen LogP contribution < -0.4 is 14.4 Å². The Bertz CT molecular complexity index is 1030. The zero-order valence-electron chi connectivity index (χ0n) is 17.6. The number of hydrogen-bond donors (Lipinski definition) is 0. The Kier molecular flexibility index (Phi) is 7.73.